The van der Waals surface area contributed by atoms with Gasteiger partial charge in [-0.25, -0.2) is 4.90 Å². The van der Waals surface area contributed by atoms with Gasteiger partial charge in [-0.05, 0) is 35.9 Å². The summed E-state index contributed by atoms with van der Waals surface area (Å²) in [6.07, 6.45) is 3.67. The number of para-hydroxylation sites is 1. The fraction of sp³-hybridized carbons (Fsp3) is 0.148. The SMILES string of the molecule is O=C(Nc1ccc([N+](=O)[O-])cc1)[C@H]1[C@H]2C(=O)N(c3ccc([N+](=O)[O-])cc3)C(=O)[C@H]2[C@@H]2C=Cc3ccccc3N21. The number of fused-ring (bicyclic) bond motifs is 5. The molecular formula is C27H19N5O7. The summed E-state index contributed by atoms with van der Waals surface area (Å²) >= 11 is 0. The first-order valence-electron chi connectivity index (χ1n) is 12.0. The Morgan fingerprint density at radius 3 is 2.03 bits per heavy atom. The van der Waals surface area contributed by atoms with Crippen molar-refractivity contribution in [1.29, 1.82) is 0 Å². The Hall–Kier alpha value is -5.39. The molecule has 12 nitrogen and oxygen atoms in total. The number of amides is 3. The lowest BCUT2D eigenvalue weighted by Gasteiger charge is -2.36. The van der Waals surface area contributed by atoms with E-state index in [-0.39, 0.29) is 17.1 Å². The summed E-state index contributed by atoms with van der Waals surface area (Å²) < 4.78 is 0. The number of nitro benzene ring substituents is 2. The first-order valence-corrected chi connectivity index (χ1v) is 12.0. The predicted octanol–water partition coefficient (Wildman–Crippen LogP) is 3.53. The molecule has 0 bridgehead atoms. The molecule has 0 aliphatic carbocycles. The van der Waals surface area contributed by atoms with Crippen LogP contribution in [0.15, 0.2) is 78.9 Å². The van der Waals surface area contributed by atoms with Crippen molar-refractivity contribution < 1.29 is 24.2 Å². The number of hydrogen-bond acceptors (Lipinski definition) is 8. The Morgan fingerprint density at radius 1 is 0.795 bits per heavy atom. The van der Waals surface area contributed by atoms with Crippen molar-refractivity contribution in [2.24, 2.45) is 11.8 Å². The number of non-ortho nitro benzene ring substituents is 2. The molecule has 4 atom stereocenters. The third kappa shape index (κ3) is 3.72. The predicted molar refractivity (Wildman–Crippen MR) is 140 cm³/mol. The zero-order chi connectivity index (χ0) is 27.4. The number of nitro groups is 2. The fourth-order valence-corrected chi connectivity index (χ4v) is 5.67. The maximum Gasteiger partial charge on any atom is 0.269 e. The molecular weight excluding hydrogens is 506 g/mol. The van der Waals surface area contributed by atoms with Gasteiger partial charge < -0.3 is 10.2 Å². The van der Waals surface area contributed by atoms with Crippen LogP contribution < -0.4 is 15.1 Å². The third-order valence-electron chi connectivity index (χ3n) is 7.35. The highest BCUT2D eigenvalue weighted by Gasteiger charge is 2.64. The van der Waals surface area contributed by atoms with Gasteiger partial charge in [0.1, 0.15) is 6.04 Å². The van der Waals surface area contributed by atoms with Crippen molar-refractivity contribution in [1.82, 2.24) is 0 Å². The Kier molecular flexibility index (Phi) is 5.45. The Labute approximate surface area is 220 Å². The summed E-state index contributed by atoms with van der Waals surface area (Å²) in [6, 6.07) is 16.1. The van der Waals surface area contributed by atoms with Gasteiger partial charge in [-0.2, -0.15) is 0 Å². The molecule has 2 saturated heterocycles. The molecule has 6 rings (SSSR count). The van der Waals surface area contributed by atoms with E-state index in [1.54, 1.807) is 11.0 Å². The highest BCUT2D eigenvalue weighted by atomic mass is 16.6. The maximum atomic E-state index is 13.8. The van der Waals surface area contributed by atoms with Crippen LogP contribution in [0.4, 0.5) is 28.4 Å². The van der Waals surface area contributed by atoms with E-state index in [2.05, 4.69) is 5.32 Å². The van der Waals surface area contributed by atoms with E-state index in [1.165, 1.54) is 48.5 Å². The number of anilines is 3. The van der Waals surface area contributed by atoms with E-state index in [9.17, 15) is 34.6 Å². The monoisotopic (exact) mass is 525 g/mol. The second-order valence-corrected chi connectivity index (χ2v) is 9.39. The molecule has 39 heavy (non-hydrogen) atoms. The minimum Gasteiger partial charge on any atom is -0.351 e. The van der Waals surface area contributed by atoms with Crippen LogP contribution in [0.1, 0.15) is 5.56 Å². The zero-order valence-electron chi connectivity index (χ0n) is 20.0. The molecule has 3 amide bonds. The molecule has 0 radical (unpaired) electrons. The summed E-state index contributed by atoms with van der Waals surface area (Å²) in [5.41, 5.74) is 1.69. The van der Waals surface area contributed by atoms with Gasteiger partial charge in [0.15, 0.2) is 0 Å². The van der Waals surface area contributed by atoms with Gasteiger partial charge >= 0.3 is 0 Å². The third-order valence-corrected chi connectivity index (χ3v) is 7.35. The number of nitrogens with zero attached hydrogens (tertiary/aromatic N) is 4. The standard InChI is InChI=1S/C27H19N5O7/c33-25(28-16-6-8-18(9-7-16)31(36)37)24-23-22(21-14-5-15-3-1-2-4-20(15)30(21)24)26(34)29(27(23)35)17-10-12-19(13-11-17)32(38)39/h1-14,21-24H,(H,28,33)/t21-,22-,23-,24+/m0/s1. The van der Waals surface area contributed by atoms with Crippen LogP contribution in [0, 0.1) is 32.1 Å². The minimum absolute atomic E-state index is 0.139. The average molecular weight is 525 g/mol. The van der Waals surface area contributed by atoms with Crippen molar-refractivity contribution in [3.63, 3.8) is 0 Å². The Bertz CT molecular complexity index is 1580. The van der Waals surface area contributed by atoms with Crippen LogP contribution in [0.2, 0.25) is 0 Å². The molecule has 0 aromatic heterocycles. The summed E-state index contributed by atoms with van der Waals surface area (Å²) in [6.45, 7) is 0. The van der Waals surface area contributed by atoms with Crippen molar-refractivity contribution in [3.05, 3.63) is 105 Å². The lowest BCUT2D eigenvalue weighted by atomic mass is 9.88. The first kappa shape index (κ1) is 24.0. The largest absolute Gasteiger partial charge is 0.351 e. The van der Waals surface area contributed by atoms with E-state index in [1.807, 2.05) is 30.4 Å². The van der Waals surface area contributed by atoms with Gasteiger partial charge in [-0.3, -0.25) is 34.6 Å². The van der Waals surface area contributed by atoms with Crippen LogP contribution in [0.25, 0.3) is 6.08 Å². The summed E-state index contributed by atoms with van der Waals surface area (Å²) in [4.78, 5) is 65.1. The zero-order valence-corrected chi connectivity index (χ0v) is 20.0. The number of carbonyl (C=O) groups is 3. The number of benzene rings is 3. The topological polar surface area (TPSA) is 156 Å². The molecule has 0 saturated carbocycles. The number of imide groups is 1. The molecule has 0 spiro atoms. The Balaban J connectivity index is 1.39. The quantitative estimate of drug-likeness (QED) is 0.301. The van der Waals surface area contributed by atoms with Crippen LogP contribution in [0.5, 0.6) is 0 Å². The van der Waals surface area contributed by atoms with E-state index in [0.29, 0.717) is 11.4 Å². The highest BCUT2D eigenvalue weighted by molar-refractivity contribution is 6.25. The van der Waals surface area contributed by atoms with Gasteiger partial charge in [0.2, 0.25) is 17.7 Å². The molecule has 0 unspecified atom stereocenters. The van der Waals surface area contributed by atoms with E-state index < -0.39 is 51.5 Å². The summed E-state index contributed by atoms with van der Waals surface area (Å²) in [5.74, 6) is -3.53. The molecule has 2 fully saturated rings. The van der Waals surface area contributed by atoms with Crippen molar-refractivity contribution in [2.45, 2.75) is 12.1 Å². The van der Waals surface area contributed by atoms with Crippen molar-refractivity contribution in [2.75, 3.05) is 15.1 Å². The molecule has 1 N–H and O–H groups in total. The van der Waals surface area contributed by atoms with Gasteiger partial charge in [-0.1, -0.05) is 30.4 Å². The van der Waals surface area contributed by atoms with E-state index in [0.717, 1.165) is 10.5 Å². The van der Waals surface area contributed by atoms with E-state index >= 15 is 0 Å². The van der Waals surface area contributed by atoms with Gasteiger partial charge in [0.25, 0.3) is 11.4 Å². The second kappa shape index (κ2) is 8.87. The lowest BCUT2D eigenvalue weighted by molar-refractivity contribution is -0.385. The highest BCUT2D eigenvalue weighted by Crippen LogP contribution is 2.49. The van der Waals surface area contributed by atoms with Crippen LogP contribution in [0.3, 0.4) is 0 Å². The van der Waals surface area contributed by atoms with Crippen LogP contribution in [-0.2, 0) is 14.4 Å². The molecule has 194 valence electrons. The number of hydrogen-bond donors (Lipinski definition) is 1. The molecule has 3 aromatic carbocycles. The van der Waals surface area contributed by atoms with Crippen LogP contribution >= 0.6 is 0 Å². The lowest BCUT2D eigenvalue weighted by Crippen LogP contribution is -2.50. The first-order chi connectivity index (χ1) is 18.8. The summed E-state index contributed by atoms with van der Waals surface area (Å²) in [5, 5.41) is 24.8. The minimum atomic E-state index is -1.07. The molecule has 3 heterocycles. The van der Waals surface area contributed by atoms with Gasteiger partial charge in [-0.15, -0.1) is 0 Å². The van der Waals surface area contributed by atoms with Crippen LogP contribution in [-0.4, -0.2) is 39.7 Å². The average Bonchev–Trinajstić information content (AvgIpc) is 3.41. The normalized spacial score (nSPS) is 22.8. The summed E-state index contributed by atoms with van der Waals surface area (Å²) in [7, 11) is 0. The van der Waals surface area contributed by atoms with Gasteiger partial charge in [0.05, 0.1) is 33.4 Å². The Morgan fingerprint density at radius 2 is 1.38 bits per heavy atom. The molecule has 12 heteroatoms. The maximum absolute atomic E-state index is 13.8. The smallest absolute Gasteiger partial charge is 0.269 e. The molecule has 3 aliphatic heterocycles. The second-order valence-electron chi connectivity index (χ2n) is 9.39. The molecule has 3 aromatic rings. The number of rotatable bonds is 5. The van der Waals surface area contributed by atoms with Crippen molar-refractivity contribution in [3.8, 4) is 0 Å². The molecule has 3 aliphatic rings. The fourth-order valence-electron chi connectivity index (χ4n) is 5.67. The number of nitrogens with one attached hydrogen (secondary N) is 1. The van der Waals surface area contributed by atoms with E-state index in [4.69, 9.17) is 0 Å². The van der Waals surface area contributed by atoms with Crippen molar-refractivity contribution >= 4 is 52.2 Å². The van der Waals surface area contributed by atoms with Gasteiger partial charge in [0, 0.05) is 35.6 Å². The number of carbonyl (C=O) groups excluding carboxylic acids is 3.